The Morgan fingerprint density at radius 2 is 2.05 bits per heavy atom. The first-order chi connectivity index (χ1) is 10.3. The van der Waals surface area contributed by atoms with Gasteiger partial charge in [-0.15, -0.1) is 0 Å². The molecule has 0 amide bonds. The zero-order valence-electron chi connectivity index (χ0n) is 12.5. The van der Waals surface area contributed by atoms with Crippen molar-refractivity contribution >= 4 is 15.9 Å². The van der Waals surface area contributed by atoms with E-state index in [2.05, 4.69) is 45.3 Å². The number of rotatable bonds is 7. The molecule has 0 saturated carbocycles. The molecule has 0 spiro atoms. The quantitative estimate of drug-likeness (QED) is 0.808. The van der Waals surface area contributed by atoms with Gasteiger partial charge in [0, 0.05) is 22.4 Å². The summed E-state index contributed by atoms with van der Waals surface area (Å²) in [5.41, 5.74) is 2.28. The topological polar surface area (TPSA) is 34.2 Å². The zero-order valence-corrected chi connectivity index (χ0v) is 14.1. The Morgan fingerprint density at radius 3 is 2.76 bits per heavy atom. The lowest BCUT2D eigenvalue weighted by molar-refractivity contribution is 0.333. The van der Waals surface area contributed by atoms with E-state index in [9.17, 15) is 0 Å². The number of halogens is 1. The molecule has 1 aromatic carbocycles. The van der Waals surface area contributed by atoms with Gasteiger partial charge in [0.05, 0.1) is 12.6 Å². The molecule has 0 aliphatic rings. The van der Waals surface area contributed by atoms with Crippen LogP contribution in [0.25, 0.3) is 0 Å². The summed E-state index contributed by atoms with van der Waals surface area (Å²) in [5.74, 6) is 0.925. The summed E-state index contributed by atoms with van der Waals surface area (Å²) >= 11 is 3.50. The lowest BCUT2D eigenvalue weighted by Gasteiger charge is -2.22. The predicted octanol–water partition coefficient (Wildman–Crippen LogP) is 4.33. The molecule has 2 rings (SSSR count). The molecule has 1 atom stereocenters. The molecule has 0 aliphatic carbocycles. The van der Waals surface area contributed by atoms with Crippen molar-refractivity contribution in [3.05, 3.63) is 58.3 Å². The molecule has 1 N–H and O–H groups in total. The Morgan fingerprint density at radius 1 is 1.24 bits per heavy atom. The second kappa shape index (κ2) is 8.15. The summed E-state index contributed by atoms with van der Waals surface area (Å²) in [4.78, 5) is 4.29. The van der Waals surface area contributed by atoms with Gasteiger partial charge in [0.25, 0.3) is 0 Å². The Kier molecular flexibility index (Phi) is 6.21. The van der Waals surface area contributed by atoms with Crippen LogP contribution in [0.1, 0.15) is 37.4 Å². The van der Waals surface area contributed by atoms with E-state index in [0.29, 0.717) is 6.61 Å². The number of para-hydroxylation sites is 1. The summed E-state index contributed by atoms with van der Waals surface area (Å²) < 4.78 is 6.76. The average Bonchev–Trinajstić information content (AvgIpc) is 2.49. The van der Waals surface area contributed by atoms with E-state index < -0.39 is 0 Å². The zero-order chi connectivity index (χ0) is 15.1. The number of pyridine rings is 1. The van der Waals surface area contributed by atoms with E-state index in [1.165, 1.54) is 0 Å². The number of aromatic nitrogens is 1. The van der Waals surface area contributed by atoms with Crippen molar-refractivity contribution in [1.82, 2.24) is 10.3 Å². The number of hydrogen-bond donors (Lipinski definition) is 1. The minimum atomic E-state index is 0.0812. The van der Waals surface area contributed by atoms with Crippen molar-refractivity contribution in [3.8, 4) is 5.75 Å². The van der Waals surface area contributed by atoms with Crippen LogP contribution in [0.15, 0.2) is 47.2 Å². The third-order valence-corrected chi connectivity index (χ3v) is 3.62. The molecular weight excluding hydrogens is 328 g/mol. The van der Waals surface area contributed by atoms with Crippen LogP contribution in [-0.4, -0.2) is 18.1 Å². The van der Waals surface area contributed by atoms with Crippen molar-refractivity contribution in [3.63, 3.8) is 0 Å². The van der Waals surface area contributed by atoms with Gasteiger partial charge in [0.15, 0.2) is 0 Å². The fraction of sp³-hybridized carbons (Fsp3) is 0.353. The molecule has 112 valence electrons. The highest BCUT2D eigenvalue weighted by atomic mass is 79.9. The molecule has 0 fully saturated rings. The molecule has 0 bridgehead atoms. The molecule has 2 aromatic rings. The summed E-state index contributed by atoms with van der Waals surface area (Å²) in [5, 5.41) is 3.59. The minimum absolute atomic E-state index is 0.0812. The smallest absolute Gasteiger partial charge is 0.124 e. The minimum Gasteiger partial charge on any atom is -0.494 e. The van der Waals surface area contributed by atoms with Gasteiger partial charge >= 0.3 is 0 Å². The molecule has 3 nitrogen and oxygen atoms in total. The van der Waals surface area contributed by atoms with Gasteiger partial charge in [0.1, 0.15) is 5.75 Å². The number of nitrogens with one attached hydrogen (secondary N) is 1. The van der Waals surface area contributed by atoms with Crippen molar-refractivity contribution < 1.29 is 4.74 Å². The molecular formula is C17H21BrN2O. The molecule has 21 heavy (non-hydrogen) atoms. The predicted molar refractivity (Wildman–Crippen MR) is 89.7 cm³/mol. The highest BCUT2D eigenvalue weighted by Crippen LogP contribution is 2.30. The van der Waals surface area contributed by atoms with Crippen LogP contribution in [-0.2, 0) is 0 Å². The van der Waals surface area contributed by atoms with Crippen LogP contribution in [0.3, 0.4) is 0 Å². The Labute approximate surface area is 134 Å². The van der Waals surface area contributed by atoms with E-state index in [4.69, 9.17) is 4.74 Å². The number of benzene rings is 1. The number of ether oxygens (including phenoxy) is 1. The maximum atomic E-state index is 5.78. The van der Waals surface area contributed by atoms with E-state index in [1.807, 2.05) is 31.3 Å². The first kappa shape index (κ1) is 16.0. The molecule has 4 heteroatoms. The van der Waals surface area contributed by atoms with Crippen molar-refractivity contribution in [2.24, 2.45) is 0 Å². The van der Waals surface area contributed by atoms with Gasteiger partial charge in [-0.3, -0.25) is 4.98 Å². The van der Waals surface area contributed by atoms with E-state index in [-0.39, 0.29) is 6.04 Å². The monoisotopic (exact) mass is 348 g/mol. The van der Waals surface area contributed by atoms with Crippen LogP contribution >= 0.6 is 15.9 Å². The Bertz CT molecular complexity index is 574. The Balaban J connectivity index is 2.40. The maximum absolute atomic E-state index is 5.78. The van der Waals surface area contributed by atoms with E-state index >= 15 is 0 Å². The first-order valence-electron chi connectivity index (χ1n) is 7.31. The van der Waals surface area contributed by atoms with E-state index in [1.54, 1.807) is 6.20 Å². The average molecular weight is 349 g/mol. The highest BCUT2D eigenvalue weighted by Gasteiger charge is 2.18. The fourth-order valence-electron chi connectivity index (χ4n) is 2.29. The third-order valence-electron chi connectivity index (χ3n) is 3.19. The van der Waals surface area contributed by atoms with Crippen LogP contribution in [0, 0.1) is 0 Å². The van der Waals surface area contributed by atoms with Gasteiger partial charge < -0.3 is 10.1 Å². The maximum Gasteiger partial charge on any atom is 0.124 e. The van der Waals surface area contributed by atoms with Crippen LogP contribution in [0.4, 0.5) is 0 Å². The van der Waals surface area contributed by atoms with Crippen molar-refractivity contribution in [1.29, 1.82) is 0 Å². The largest absolute Gasteiger partial charge is 0.494 e. The van der Waals surface area contributed by atoms with Gasteiger partial charge in [-0.05, 0) is 53.5 Å². The van der Waals surface area contributed by atoms with Gasteiger partial charge in [-0.1, -0.05) is 25.1 Å². The van der Waals surface area contributed by atoms with Crippen LogP contribution in [0.2, 0.25) is 0 Å². The lowest BCUT2D eigenvalue weighted by Crippen LogP contribution is -2.24. The number of hydrogen-bond acceptors (Lipinski definition) is 3. The second-order valence-corrected chi connectivity index (χ2v) is 5.71. The van der Waals surface area contributed by atoms with Crippen LogP contribution in [0.5, 0.6) is 5.75 Å². The SMILES string of the molecule is CCCNC(c1cncc(Br)c1)c1ccccc1OCC. The van der Waals surface area contributed by atoms with E-state index in [0.717, 1.165) is 34.3 Å². The van der Waals surface area contributed by atoms with Gasteiger partial charge in [-0.25, -0.2) is 0 Å². The highest BCUT2D eigenvalue weighted by molar-refractivity contribution is 9.10. The summed E-state index contributed by atoms with van der Waals surface area (Å²) in [6.45, 7) is 5.77. The molecule has 0 aliphatic heterocycles. The lowest BCUT2D eigenvalue weighted by atomic mass is 9.99. The molecule has 1 heterocycles. The summed E-state index contributed by atoms with van der Waals surface area (Å²) in [6.07, 6.45) is 4.78. The molecule has 1 unspecified atom stereocenters. The Hall–Kier alpha value is -1.39. The van der Waals surface area contributed by atoms with Crippen molar-refractivity contribution in [2.75, 3.05) is 13.2 Å². The fourth-order valence-corrected chi connectivity index (χ4v) is 2.67. The molecule has 0 radical (unpaired) electrons. The normalized spacial score (nSPS) is 12.1. The standard InChI is InChI=1S/C17H21BrN2O/c1-3-9-20-17(13-10-14(18)12-19-11-13)15-7-5-6-8-16(15)21-4-2/h5-8,10-12,17,20H,3-4,9H2,1-2H3. The van der Waals surface area contributed by atoms with Gasteiger partial charge in [0.2, 0.25) is 0 Å². The van der Waals surface area contributed by atoms with Gasteiger partial charge in [-0.2, -0.15) is 0 Å². The molecule has 1 aromatic heterocycles. The van der Waals surface area contributed by atoms with Crippen LogP contribution < -0.4 is 10.1 Å². The third kappa shape index (κ3) is 4.29. The summed E-state index contributed by atoms with van der Waals surface area (Å²) in [6, 6.07) is 10.4. The molecule has 0 saturated heterocycles. The first-order valence-corrected chi connectivity index (χ1v) is 8.11. The second-order valence-electron chi connectivity index (χ2n) is 4.79. The van der Waals surface area contributed by atoms with Crippen molar-refractivity contribution in [2.45, 2.75) is 26.3 Å². The number of nitrogens with zero attached hydrogens (tertiary/aromatic N) is 1. The summed E-state index contributed by atoms with van der Waals surface area (Å²) in [7, 11) is 0.